The molecule has 0 aromatic carbocycles. The molecule has 0 nitrogen and oxygen atoms in total. The van der Waals surface area contributed by atoms with Crippen molar-refractivity contribution in [1.82, 2.24) is 0 Å². The molecule has 0 saturated carbocycles. The number of hydrogen-bond donors (Lipinski definition) is 0. The number of hydrogen-bond acceptors (Lipinski definition) is 3. The highest BCUT2D eigenvalue weighted by Crippen LogP contribution is 2.40. The predicted octanol–water partition coefficient (Wildman–Crippen LogP) is 6.52. The van der Waals surface area contributed by atoms with Crippen molar-refractivity contribution in [2.75, 3.05) is 0 Å². The van der Waals surface area contributed by atoms with Crippen molar-refractivity contribution in [2.24, 2.45) is 0 Å². The van der Waals surface area contributed by atoms with Gasteiger partial charge in [0.15, 0.2) is 0 Å². The first kappa shape index (κ1) is 15.3. The summed E-state index contributed by atoms with van der Waals surface area (Å²) in [7, 11) is 0. The van der Waals surface area contributed by atoms with Gasteiger partial charge in [-0.25, -0.2) is 0 Å². The molecule has 2 aromatic rings. The van der Waals surface area contributed by atoms with Crippen LogP contribution in [-0.4, -0.2) is 0 Å². The maximum absolute atomic E-state index is 4.11. The van der Waals surface area contributed by atoms with Crippen LogP contribution in [0.15, 0.2) is 42.8 Å². The topological polar surface area (TPSA) is 0 Å². The summed E-state index contributed by atoms with van der Waals surface area (Å²) < 4.78 is 0. The minimum Gasteiger partial charge on any atom is -0.143 e. The van der Waals surface area contributed by atoms with Gasteiger partial charge in [0.25, 0.3) is 0 Å². The lowest BCUT2D eigenvalue weighted by atomic mass is 10.4. The minimum atomic E-state index is 1.08. The molecule has 18 heavy (non-hydrogen) atoms. The second kappa shape index (κ2) is 7.62. The Kier molecular flexibility index (Phi) is 6.47. The quantitative estimate of drug-likeness (QED) is 0.618. The summed E-state index contributed by atoms with van der Waals surface area (Å²) in [6.45, 7) is 14.3. The van der Waals surface area contributed by atoms with Crippen LogP contribution in [0.1, 0.15) is 28.5 Å². The molecule has 0 radical (unpaired) electrons. The molecule has 2 aromatic heterocycles. The molecule has 96 valence electrons. The molecular weight excluding hydrogens is 276 g/mol. The zero-order valence-electron chi connectivity index (χ0n) is 11.0. The van der Waals surface area contributed by atoms with Crippen LogP contribution in [0.2, 0.25) is 0 Å². The Morgan fingerprint density at radius 1 is 1.06 bits per heavy atom. The van der Waals surface area contributed by atoms with E-state index in [2.05, 4.69) is 43.7 Å². The number of aryl methyl sites for hydroxylation is 1. The first-order valence-corrected chi connectivity index (χ1v) is 8.34. The van der Waals surface area contributed by atoms with Crippen LogP contribution in [0.5, 0.6) is 0 Å². The van der Waals surface area contributed by atoms with Crippen molar-refractivity contribution in [2.45, 2.75) is 20.8 Å². The van der Waals surface area contributed by atoms with Gasteiger partial charge in [-0.1, -0.05) is 44.8 Å². The molecule has 0 spiro atoms. The zero-order chi connectivity index (χ0) is 13.5. The molecular formula is C15H18S3. The lowest BCUT2D eigenvalue weighted by Crippen LogP contribution is -1.73. The Hall–Kier alpha value is -0.770. The van der Waals surface area contributed by atoms with Gasteiger partial charge in [-0.05, 0) is 30.5 Å². The molecule has 0 aliphatic carbocycles. The van der Waals surface area contributed by atoms with Crippen molar-refractivity contribution in [3.63, 3.8) is 0 Å². The van der Waals surface area contributed by atoms with Gasteiger partial charge < -0.3 is 0 Å². The van der Waals surface area contributed by atoms with E-state index in [1.807, 2.05) is 19.9 Å². The van der Waals surface area contributed by atoms with Gasteiger partial charge in [0.2, 0.25) is 0 Å². The third kappa shape index (κ3) is 4.16. The van der Waals surface area contributed by atoms with Crippen molar-refractivity contribution < 1.29 is 0 Å². The van der Waals surface area contributed by atoms with Crippen LogP contribution in [0.3, 0.4) is 0 Å². The van der Waals surface area contributed by atoms with Crippen molar-refractivity contribution in [3.8, 4) is 0 Å². The fourth-order valence-electron chi connectivity index (χ4n) is 1.27. The molecule has 0 bridgehead atoms. The van der Waals surface area contributed by atoms with E-state index in [9.17, 15) is 0 Å². The summed E-state index contributed by atoms with van der Waals surface area (Å²) in [4.78, 5) is 5.93. The highest BCUT2D eigenvalue weighted by Gasteiger charge is 2.07. The van der Waals surface area contributed by atoms with Crippen LogP contribution in [0.4, 0.5) is 0 Å². The fraction of sp³-hybridized carbons (Fsp3) is 0.200. The number of thiophene rings is 2. The molecule has 0 saturated heterocycles. The molecule has 0 unspecified atom stereocenters. The average molecular weight is 295 g/mol. The Bertz CT molecular complexity index is 504. The van der Waals surface area contributed by atoms with E-state index in [-0.39, 0.29) is 0 Å². The van der Waals surface area contributed by atoms with E-state index >= 15 is 0 Å². The SMILES string of the molecule is C=C(SC(=C)c1ccc(C)s1)c1cccs1.CC. The van der Waals surface area contributed by atoms with Crippen LogP contribution >= 0.6 is 34.4 Å². The van der Waals surface area contributed by atoms with Gasteiger partial charge in [0.1, 0.15) is 0 Å². The molecule has 3 heteroatoms. The molecule has 2 rings (SSSR count). The molecule has 0 aliphatic rings. The number of rotatable bonds is 4. The van der Waals surface area contributed by atoms with Crippen LogP contribution in [0, 0.1) is 6.92 Å². The van der Waals surface area contributed by atoms with Crippen molar-refractivity contribution in [1.29, 1.82) is 0 Å². The van der Waals surface area contributed by atoms with E-state index in [0.717, 1.165) is 9.81 Å². The van der Waals surface area contributed by atoms with Gasteiger partial charge in [-0.15, -0.1) is 22.7 Å². The third-order valence-electron chi connectivity index (χ3n) is 2.06. The van der Waals surface area contributed by atoms with E-state index in [0.29, 0.717) is 0 Å². The maximum Gasteiger partial charge on any atom is 0.0406 e. The van der Waals surface area contributed by atoms with Gasteiger partial charge in [0, 0.05) is 24.4 Å². The van der Waals surface area contributed by atoms with Crippen molar-refractivity contribution >= 4 is 44.2 Å². The summed E-state index contributed by atoms with van der Waals surface area (Å²) in [5, 5.41) is 2.07. The summed E-state index contributed by atoms with van der Waals surface area (Å²) in [6, 6.07) is 8.38. The largest absolute Gasteiger partial charge is 0.143 e. The van der Waals surface area contributed by atoms with Gasteiger partial charge in [-0.2, -0.15) is 0 Å². The Morgan fingerprint density at radius 3 is 2.22 bits per heavy atom. The normalized spacial score (nSPS) is 9.50. The average Bonchev–Trinajstić information content (AvgIpc) is 3.02. The molecule has 0 aliphatic heterocycles. The molecule has 0 amide bonds. The Morgan fingerprint density at radius 2 is 1.72 bits per heavy atom. The Labute approximate surface area is 122 Å². The molecule has 0 N–H and O–H groups in total. The van der Waals surface area contributed by atoms with Crippen LogP contribution in [0.25, 0.3) is 9.81 Å². The number of thioether (sulfide) groups is 1. The lowest BCUT2D eigenvalue weighted by Gasteiger charge is -2.04. The standard InChI is InChI=1S/C13H12S3.C2H6/c1-9-6-7-13(15-9)11(3)16-10(2)12-5-4-8-14-12;1-2/h4-8H,2-3H2,1H3;1-2H3. The summed E-state index contributed by atoms with van der Waals surface area (Å²) >= 11 is 5.15. The van der Waals surface area contributed by atoms with Crippen molar-refractivity contribution in [3.05, 3.63) is 57.4 Å². The van der Waals surface area contributed by atoms with E-state index in [4.69, 9.17) is 0 Å². The predicted molar refractivity (Wildman–Crippen MR) is 90.4 cm³/mol. The highest BCUT2D eigenvalue weighted by molar-refractivity contribution is 8.16. The highest BCUT2D eigenvalue weighted by atomic mass is 32.2. The first-order valence-electron chi connectivity index (χ1n) is 5.83. The second-order valence-electron chi connectivity index (χ2n) is 3.34. The summed E-state index contributed by atoms with van der Waals surface area (Å²) in [5.41, 5.74) is 0. The molecule has 0 fully saturated rings. The van der Waals surface area contributed by atoms with Gasteiger partial charge in [-0.3, -0.25) is 0 Å². The zero-order valence-corrected chi connectivity index (χ0v) is 13.5. The molecule has 2 heterocycles. The Balaban J connectivity index is 0.000000771. The summed E-state index contributed by atoms with van der Waals surface area (Å²) in [6.07, 6.45) is 0. The first-order chi connectivity index (χ1) is 8.66. The van der Waals surface area contributed by atoms with E-state index < -0.39 is 0 Å². The van der Waals surface area contributed by atoms with Gasteiger partial charge in [0.05, 0.1) is 0 Å². The summed E-state index contributed by atoms with van der Waals surface area (Å²) in [5.74, 6) is 0. The minimum absolute atomic E-state index is 1.08. The third-order valence-corrected chi connectivity index (χ3v) is 5.24. The van der Waals surface area contributed by atoms with E-state index in [1.165, 1.54) is 14.6 Å². The maximum atomic E-state index is 4.11. The second-order valence-corrected chi connectivity index (χ2v) is 6.76. The molecule has 0 atom stereocenters. The van der Waals surface area contributed by atoms with Gasteiger partial charge >= 0.3 is 0 Å². The monoisotopic (exact) mass is 294 g/mol. The fourth-order valence-corrected chi connectivity index (χ4v) is 3.75. The lowest BCUT2D eigenvalue weighted by molar-refractivity contribution is 1.50. The smallest absolute Gasteiger partial charge is 0.0406 e. The van der Waals surface area contributed by atoms with Crippen LogP contribution < -0.4 is 0 Å². The van der Waals surface area contributed by atoms with E-state index in [1.54, 1.807) is 34.4 Å². The van der Waals surface area contributed by atoms with Crippen LogP contribution in [-0.2, 0) is 0 Å².